The van der Waals surface area contributed by atoms with E-state index in [-0.39, 0.29) is 6.61 Å². The van der Waals surface area contributed by atoms with Gasteiger partial charge in [0.15, 0.2) is 5.76 Å². The Morgan fingerprint density at radius 1 is 1.04 bits per heavy atom. The van der Waals surface area contributed by atoms with Gasteiger partial charge < -0.3 is 9.15 Å². The number of pyridine rings is 1. The topological polar surface area (TPSA) is 52.3 Å². The molecule has 4 rings (SSSR count). The number of nitrogens with zero attached hydrogens (tertiary/aromatic N) is 1. The maximum Gasteiger partial charge on any atom is 0.339 e. The Hall–Kier alpha value is -3.47. The Morgan fingerprint density at radius 2 is 1.85 bits per heavy atom. The van der Waals surface area contributed by atoms with Gasteiger partial charge in [0.05, 0.1) is 17.3 Å². The lowest BCUT2D eigenvalue weighted by Gasteiger charge is -2.09. The summed E-state index contributed by atoms with van der Waals surface area (Å²) in [5.41, 5.74) is 1.87. The van der Waals surface area contributed by atoms with Crippen molar-refractivity contribution in [3.05, 3.63) is 89.9 Å². The Bertz CT molecular complexity index is 1070. The predicted octanol–water partition coefficient (Wildman–Crippen LogP) is 4.99. The Balaban J connectivity index is 1.70. The van der Waals surface area contributed by atoms with Gasteiger partial charge in [-0.25, -0.2) is 14.2 Å². The number of rotatable bonds is 4. The minimum absolute atomic E-state index is 0.141. The van der Waals surface area contributed by atoms with Gasteiger partial charge in [-0.2, -0.15) is 0 Å². The molecule has 0 saturated heterocycles. The van der Waals surface area contributed by atoms with Crippen molar-refractivity contribution in [3.63, 3.8) is 0 Å². The minimum Gasteiger partial charge on any atom is -0.463 e. The van der Waals surface area contributed by atoms with E-state index in [1.807, 2.05) is 18.2 Å². The third-order valence-corrected chi connectivity index (χ3v) is 4.03. The highest BCUT2D eigenvalue weighted by atomic mass is 19.1. The van der Waals surface area contributed by atoms with Crippen molar-refractivity contribution in [2.24, 2.45) is 0 Å². The van der Waals surface area contributed by atoms with Gasteiger partial charge in [-0.1, -0.05) is 36.4 Å². The molecule has 26 heavy (non-hydrogen) atoms. The van der Waals surface area contributed by atoms with Crippen LogP contribution in [0.15, 0.2) is 77.4 Å². The third-order valence-electron chi connectivity index (χ3n) is 4.03. The molecule has 0 saturated carbocycles. The van der Waals surface area contributed by atoms with Gasteiger partial charge in [0, 0.05) is 10.9 Å². The van der Waals surface area contributed by atoms with Gasteiger partial charge >= 0.3 is 5.97 Å². The molecule has 5 heteroatoms. The number of benzene rings is 2. The summed E-state index contributed by atoms with van der Waals surface area (Å²) >= 11 is 0. The number of hydrogen-bond donors (Lipinski definition) is 0. The van der Waals surface area contributed by atoms with Gasteiger partial charge in [0.25, 0.3) is 0 Å². The fourth-order valence-electron chi connectivity index (χ4n) is 2.73. The van der Waals surface area contributed by atoms with Crippen molar-refractivity contribution in [2.75, 3.05) is 0 Å². The molecule has 2 aromatic heterocycles. The van der Waals surface area contributed by atoms with Crippen LogP contribution in [0.25, 0.3) is 22.4 Å². The van der Waals surface area contributed by atoms with Crippen LogP contribution in [0.5, 0.6) is 0 Å². The van der Waals surface area contributed by atoms with Gasteiger partial charge in [-0.15, -0.1) is 0 Å². The Morgan fingerprint density at radius 3 is 2.65 bits per heavy atom. The zero-order valence-electron chi connectivity index (χ0n) is 13.7. The van der Waals surface area contributed by atoms with E-state index in [1.54, 1.807) is 48.7 Å². The first-order valence-corrected chi connectivity index (χ1v) is 8.06. The molecule has 0 aliphatic heterocycles. The van der Waals surface area contributed by atoms with Crippen molar-refractivity contribution in [2.45, 2.75) is 6.61 Å². The largest absolute Gasteiger partial charge is 0.463 e. The van der Waals surface area contributed by atoms with Crippen molar-refractivity contribution in [3.8, 4) is 11.5 Å². The molecule has 0 aliphatic carbocycles. The van der Waals surface area contributed by atoms with E-state index in [1.165, 1.54) is 6.07 Å². The van der Waals surface area contributed by atoms with E-state index in [9.17, 15) is 9.18 Å². The van der Waals surface area contributed by atoms with E-state index in [2.05, 4.69) is 4.98 Å². The number of furan rings is 1. The van der Waals surface area contributed by atoms with E-state index >= 15 is 0 Å². The van der Waals surface area contributed by atoms with Crippen molar-refractivity contribution in [1.29, 1.82) is 0 Å². The molecule has 0 unspecified atom stereocenters. The van der Waals surface area contributed by atoms with Gasteiger partial charge in [-0.3, -0.25) is 0 Å². The van der Waals surface area contributed by atoms with E-state index in [0.29, 0.717) is 33.5 Å². The fourth-order valence-corrected chi connectivity index (χ4v) is 2.73. The van der Waals surface area contributed by atoms with Crippen LogP contribution >= 0.6 is 0 Å². The zero-order valence-corrected chi connectivity index (χ0v) is 13.7. The summed E-state index contributed by atoms with van der Waals surface area (Å²) in [6.07, 6.45) is 1.54. The molecule has 2 heterocycles. The highest BCUT2D eigenvalue weighted by molar-refractivity contribution is 6.04. The van der Waals surface area contributed by atoms with Crippen molar-refractivity contribution >= 4 is 16.9 Å². The summed E-state index contributed by atoms with van der Waals surface area (Å²) in [6, 6.07) is 18.6. The van der Waals surface area contributed by atoms with E-state index in [4.69, 9.17) is 9.15 Å². The molecule has 0 spiro atoms. The van der Waals surface area contributed by atoms with Crippen LogP contribution in [0.4, 0.5) is 4.39 Å². The number of hydrogen-bond acceptors (Lipinski definition) is 4. The molecule has 0 radical (unpaired) electrons. The lowest BCUT2D eigenvalue weighted by Crippen LogP contribution is -2.08. The molecule has 128 valence electrons. The first kappa shape index (κ1) is 16.0. The molecule has 0 N–H and O–H groups in total. The maximum absolute atomic E-state index is 13.7. The fraction of sp³-hybridized carbons (Fsp3) is 0.0476. The lowest BCUT2D eigenvalue weighted by molar-refractivity contribution is 0.0471. The average molecular weight is 347 g/mol. The quantitative estimate of drug-likeness (QED) is 0.488. The number of fused-ring (bicyclic) bond motifs is 1. The molecule has 0 fully saturated rings. The SMILES string of the molecule is O=C(OCc1ccccc1F)c1cc(-c2ccco2)nc2ccccc12. The number of carbonyl (C=O) groups excluding carboxylic acids is 1. The summed E-state index contributed by atoms with van der Waals surface area (Å²) in [4.78, 5) is 17.2. The van der Waals surface area contributed by atoms with Crippen LogP contribution in [-0.4, -0.2) is 11.0 Å². The van der Waals surface area contributed by atoms with Crippen LogP contribution in [0.2, 0.25) is 0 Å². The molecule has 2 aromatic carbocycles. The maximum atomic E-state index is 13.7. The molecule has 0 bridgehead atoms. The molecule has 0 atom stereocenters. The first-order valence-electron chi connectivity index (χ1n) is 8.06. The molecular formula is C21H14FNO3. The number of carbonyl (C=O) groups is 1. The standard InChI is InChI=1S/C21H14FNO3/c22-17-8-3-1-6-14(17)13-26-21(24)16-12-19(20-10-5-11-25-20)23-18-9-4-2-7-15(16)18/h1-12H,13H2. The highest BCUT2D eigenvalue weighted by Crippen LogP contribution is 2.26. The van der Waals surface area contributed by atoms with Gasteiger partial charge in [-0.05, 0) is 30.3 Å². The smallest absolute Gasteiger partial charge is 0.339 e. The Labute approximate surface area is 148 Å². The predicted molar refractivity (Wildman–Crippen MR) is 95.0 cm³/mol. The van der Waals surface area contributed by atoms with Crippen molar-refractivity contribution < 1.29 is 18.3 Å². The summed E-state index contributed by atoms with van der Waals surface area (Å²) in [7, 11) is 0. The second-order valence-electron chi connectivity index (χ2n) is 5.72. The second kappa shape index (κ2) is 6.80. The van der Waals surface area contributed by atoms with Crippen LogP contribution in [0.1, 0.15) is 15.9 Å². The number of halogens is 1. The normalized spacial score (nSPS) is 10.8. The average Bonchev–Trinajstić information content (AvgIpc) is 3.21. The van der Waals surface area contributed by atoms with Gasteiger partial charge in [0.1, 0.15) is 18.1 Å². The van der Waals surface area contributed by atoms with E-state index < -0.39 is 11.8 Å². The molecule has 4 nitrogen and oxygen atoms in total. The molecular weight excluding hydrogens is 333 g/mol. The van der Waals surface area contributed by atoms with Gasteiger partial charge in [0.2, 0.25) is 0 Å². The number of para-hydroxylation sites is 1. The van der Waals surface area contributed by atoms with Crippen LogP contribution in [0.3, 0.4) is 0 Å². The van der Waals surface area contributed by atoms with Crippen LogP contribution in [-0.2, 0) is 11.3 Å². The minimum atomic E-state index is -0.542. The second-order valence-corrected chi connectivity index (χ2v) is 5.72. The summed E-state index contributed by atoms with van der Waals surface area (Å²) < 4.78 is 24.5. The summed E-state index contributed by atoms with van der Waals surface area (Å²) in [5.74, 6) is -0.394. The first-order chi connectivity index (χ1) is 12.7. The summed E-state index contributed by atoms with van der Waals surface area (Å²) in [6.45, 7) is -0.141. The summed E-state index contributed by atoms with van der Waals surface area (Å²) in [5, 5.41) is 0.668. The molecule has 0 amide bonds. The van der Waals surface area contributed by atoms with Crippen molar-refractivity contribution in [1.82, 2.24) is 4.98 Å². The monoisotopic (exact) mass is 347 g/mol. The number of ether oxygens (including phenoxy) is 1. The molecule has 0 aliphatic rings. The Kier molecular flexibility index (Phi) is 4.19. The lowest BCUT2D eigenvalue weighted by atomic mass is 10.1. The number of esters is 1. The van der Waals surface area contributed by atoms with Crippen LogP contribution in [0, 0.1) is 5.82 Å². The highest BCUT2D eigenvalue weighted by Gasteiger charge is 2.16. The van der Waals surface area contributed by atoms with Crippen LogP contribution < -0.4 is 0 Å². The van der Waals surface area contributed by atoms with E-state index in [0.717, 1.165) is 0 Å². The number of aromatic nitrogens is 1. The third kappa shape index (κ3) is 3.07. The zero-order chi connectivity index (χ0) is 17.9. The molecule has 4 aromatic rings.